The van der Waals surface area contributed by atoms with Gasteiger partial charge in [0.2, 0.25) is 0 Å². The van der Waals surface area contributed by atoms with Gasteiger partial charge in [0.1, 0.15) is 12.2 Å². The second-order valence-electron chi connectivity index (χ2n) is 5.24. The molecule has 88 valence electrons. The fourth-order valence-corrected chi connectivity index (χ4v) is 2.27. The minimum atomic E-state index is 0.681. The van der Waals surface area contributed by atoms with Crippen LogP contribution in [-0.4, -0.2) is 27.4 Å². The normalized spacial score (nSPS) is 22.3. The predicted octanol–water partition coefficient (Wildman–Crippen LogP) is 1.54. The molecule has 16 heavy (non-hydrogen) atoms. The largest absolute Gasteiger partial charge is 0.316 e. The van der Waals surface area contributed by atoms with Crippen molar-refractivity contribution >= 4 is 0 Å². The van der Waals surface area contributed by atoms with E-state index < -0.39 is 0 Å². The summed E-state index contributed by atoms with van der Waals surface area (Å²) < 4.78 is 2.21. The fourth-order valence-electron chi connectivity index (χ4n) is 2.27. The van der Waals surface area contributed by atoms with Gasteiger partial charge >= 0.3 is 0 Å². The molecular formula is C12H20N4. The molecule has 4 nitrogen and oxygen atoms in total. The van der Waals surface area contributed by atoms with Crippen LogP contribution >= 0.6 is 0 Å². The van der Waals surface area contributed by atoms with Gasteiger partial charge in [-0.2, -0.15) is 0 Å². The van der Waals surface area contributed by atoms with Crippen LogP contribution in [-0.2, 0) is 6.54 Å². The highest BCUT2D eigenvalue weighted by Crippen LogP contribution is 2.38. The van der Waals surface area contributed by atoms with Crippen molar-refractivity contribution in [2.75, 3.05) is 6.54 Å². The van der Waals surface area contributed by atoms with Crippen LogP contribution in [0.1, 0.15) is 44.3 Å². The van der Waals surface area contributed by atoms with Crippen LogP contribution in [0.25, 0.3) is 0 Å². The second-order valence-corrected chi connectivity index (χ2v) is 5.24. The highest BCUT2D eigenvalue weighted by molar-refractivity contribution is 5.04. The Bertz CT molecular complexity index is 352. The molecule has 1 unspecified atom stereocenters. The van der Waals surface area contributed by atoms with Gasteiger partial charge in [-0.05, 0) is 38.5 Å². The Balaban J connectivity index is 1.47. The van der Waals surface area contributed by atoms with Gasteiger partial charge in [-0.3, -0.25) is 0 Å². The Morgan fingerprint density at radius 2 is 2.25 bits per heavy atom. The summed E-state index contributed by atoms with van der Waals surface area (Å²) in [5.74, 6) is 2.83. The number of nitrogens with one attached hydrogen (secondary N) is 1. The summed E-state index contributed by atoms with van der Waals surface area (Å²) in [6.45, 7) is 4.34. The Hall–Kier alpha value is -0.900. The van der Waals surface area contributed by atoms with Crippen LogP contribution in [0.2, 0.25) is 0 Å². The van der Waals surface area contributed by atoms with Crippen molar-refractivity contribution in [1.82, 2.24) is 20.1 Å². The number of hydrogen-bond donors (Lipinski definition) is 1. The van der Waals surface area contributed by atoms with Crippen molar-refractivity contribution in [2.45, 2.75) is 51.1 Å². The van der Waals surface area contributed by atoms with E-state index in [2.05, 4.69) is 27.0 Å². The molecule has 1 aromatic rings. The number of nitrogens with zero attached hydrogens (tertiary/aromatic N) is 3. The Morgan fingerprint density at radius 1 is 1.44 bits per heavy atom. The SMILES string of the molecule is CC(NCCn1cnnc1C1CC1)C1CC1. The van der Waals surface area contributed by atoms with E-state index in [4.69, 9.17) is 0 Å². The van der Waals surface area contributed by atoms with Crippen molar-refractivity contribution in [1.29, 1.82) is 0 Å². The van der Waals surface area contributed by atoms with Crippen molar-refractivity contribution in [3.05, 3.63) is 12.2 Å². The first-order valence-electron chi connectivity index (χ1n) is 6.45. The summed E-state index contributed by atoms with van der Waals surface area (Å²) in [5.41, 5.74) is 0. The number of rotatable bonds is 6. The Morgan fingerprint density at radius 3 is 2.94 bits per heavy atom. The third-order valence-corrected chi connectivity index (χ3v) is 3.74. The highest BCUT2D eigenvalue weighted by Gasteiger charge is 2.29. The first kappa shape index (κ1) is 10.3. The number of aromatic nitrogens is 3. The quantitative estimate of drug-likeness (QED) is 0.791. The van der Waals surface area contributed by atoms with Gasteiger partial charge in [-0.25, -0.2) is 0 Å². The van der Waals surface area contributed by atoms with Gasteiger partial charge < -0.3 is 9.88 Å². The summed E-state index contributed by atoms with van der Waals surface area (Å²) in [7, 11) is 0. The monoisotopic (exact) mass is 220 g/mol. The van der Waals surface area contributed by atoms with Crippen LogP contribution in [0.3, 0.4) is 0 Å². The van der Waals surface area contributed by atoms with Gasteiger partial charge in [0, 0.05) is 25.0 Å². The Labute approximate surface area is 96.4 Å². The molecule has 3 rings (SSSR count). The molecule has 0 saturated heterocycles. The first-order valence-corrected chi connectivity index (χ1v) is 6.45. The summed E-state index contributed by atoms with van der Waals surface area (Å²) >= 11 is 0. The Kier molecular flexibility index (Phi) is 2.67. The average Bonchev–Trinajstić information content (AvgIpc) is 3.18. The van der Waals surface area contributed by atoms with E-state index >= 15 is 0 Å². The molecule has 0 amide bonds. The van der Waals surface area contributed by atoms with Crippen LogP contribution in [0.5, 0.6) is 0 Å². The van der Waals surface area contributed by atoms with E-state index in [1.165, 1.54) is 31.5 Å². The fraction of sp³-hybridized carbons (Fsp3) is 0.833. The molecule has 2 aliphatic rings. The molecule has 2 aliphatic carbocycles. The average molecular weight is 220 g/mol. The lowest BCUT2D eigenvalue weighted by atomic mass is 10.2. The molecule has 1 aromatic heterocycles. The molecule has 1 heterocycles. The molecule has 2 saturated carbocycles. The minimum Gasteiger partial charge on any atom is -0.316 e. The highest BCUT2D eigenvalue weighted by atomic mass is 15.3. The van der Waals surface area contributed by atoms with Gasteiger partial charge in [-0.15, -0.1) is 10.2 Å². The van der Waals surface area contributed by atoms with E-state index in [9.17, 15) is 0 Å². The van der Waals surface area contributed by atoms with Crippen molar-refractivity contribution in [2.24, 2.45) is 5.92 Å². The zero-order valence-corrected chi connectivity index (χ0v) is 9.89. The molecule has 0 aliphatic heterocycles. The maximum absolute atomic E-state index is 4.21. The predicted molar refractivity (Wildman–Crippen MR) is 62.2 cm³/mol. The number of hydrogen-bond acceptors (Lipinski definition) is 3. The van der Waals surface area contributed by atoms with Crippen LogP contribution in [0.4, 0.5) is 0 Å². The zero-order chi connectivity index (χ0) is 11.0. The van der Waals surface area contributed by atoms with Crippen molar-refractivity contribution in [3.63, 3.8) is 0 Å². The van der Waals surface area contributed by atoms with E-state index in [1.807, 2.05) is 6.33 Å². The molecular weight excluding hydrogens is 200 g/mol. The first-order chi connectivity index (χ1) is 7.84. The minimum absolute atomic E-state index is 0.681. The molecule has 0 spiro atoms. The van der Waals surface area contributed by atoms with E-state index in [0.29, 0.717) is 12.0 Å². The van der Waals surface area contributed by atoms with E-state index in [1.54, 1.807) is 0 Å². The molecule has 1 atom stereocenters. The molecule has 4 heteroatoms. The van der Waals surface area contributed by atoms with Gasteiger partial charge in [0.15, 0.2) is 0 Å². The van der Waals surface area contributed by atoms with Crippen molar-refractivity contribution in [3.8, 4) is 0 Å². The standard InChI is InChI=1S/C12H20N4/c1-9(10-2-3-10)13-6-7-16-8-14-15-12(16)11-4-5-11/h8-11,13H,2-7H2,1H3. The van der Waals surface area contributed by atoms with E-state index in [0.717, 1.165) is 19.0 Å². The molecule has 2 fully saturated rings. The maximum Gasteiger partial charge on any atom is 0.135 e. The molecule has 0 radical (unpaired) electrons. The lowest BCUT2D eigenvalue weighted by Gasteiger charge is -2.13. The summed E-state index contributed by atoms with van der Waals surface area (Å²) in [5, 5.41) is 11.8. The summed E-state index contributed by atoms with van der Waals surface area (Å²) in [4.78, 5) is 0. The molecule has 1 N–H and O–H groups in total. The van der Waals surface area contributed by atoms with Gasteiger partial charge in [-0.1, -0.05) is 0 Å². The van der Waals surface area contributed by atoms with Gasteiger partial charge in [0.05, 0.1) is 0 Å². The smallest absolute Gasteiger partial charge is 0.135 e. The lowest BCUT2D eigenvalue weighted by molar-refractivity contribution is 0.471. The van der Waals surface area contributed by atoms with Crippen molar-refractivity contribution < 1.29 is 0 Å². The summed E-state index contributed by atoms with van der Waals surface area (Å²) in [6, 6.07) is 0.681. The zero-order valence-electron chi connectivity index (χ0n) is 9.89. The second kappa shape index (κ2) is 4.17. The molecule has 0 aromatic carbocycles. The van der Waals surface area contributed by atoms with Crippen LogP contribution < -0.4 is 5.32 Å². The topological polar surface area (TPSA) is 42.7 Å². The third-order valence-electron chi connectivity index (χ3n) is 3.74. The van der Waals surface area contributed by atoms with Gasteiger partial charge in [0.25, 0.3) is 0 Å². The van der Waals surface area contributed by atoms with E-state index in [-0.39, 0.29) is 0 Å². The van der Waals surface area contributed by atoms with Crippen LogP contribution in [0, 0.1) is 5.92 Å². The summed E-state index contributed by atoms with van der Waals surface area (Å²) in [6.07, 6.45) is 7.29. The van der Waals surface area contributed by atoms with Crippen LogP contribution in [0.15, 0.2) is 6.33 Å². The lowest BCUT2D eigenvalue weighted by Crippen LogP contribution is -2.31. The molecule has 0 bridgehead atoms. The maximum atomic E-state index is 4.21. The third kappa shape index (κ3) is 2.26.